The van der Waals surface area contributed by atoms with Crippen molar-refractivity contribution in [3.63, 3.8) is 0 Å². The molecule has 164 valence electrons. The second kappa shape index (κ2) is 8.55. The number of likely N-dealkylation sites (tertiary alicyclic amines) is 1. The van der Waals surface area contributed by atoms with E-state index in [0.29, 0.717) is 23.1 Å². The van der Waals surface area contributed by atoms with Crippen LogP contribution < -0.4 is 0 Å². The first kappa shape index (κ1) is 21.7. The van der Waals surface area contributed by atoms with Gasteiger partial charge in [0.15, 0.2) is 9.84 Å². The SMILES string of the molecule is Cc1oc(-c2ccc(-c3ccc(S(C)(=O)=O)cc3)cc2F)nc1CCN1CCCC1C. The average molecular weight is 443 g/mol. The number of aryl methyl sites for hydroxylation is 1. The van der Waals surface area contributed by atoms with Crippen LogP contribution in [-0.2, 0) is 16.3 Å². The van der Waals surface area contributed by atoms with Gasteiger partial charge in [-0.05, 0) is 68.6 Å². The van der Waals surface area contributed by atoms with E-state index in [1.54, 1.807) is 24.3 Å². The smallest absolute Gasteiger partial charge is 0.229 e. The summed E-state index contributed by atoms with van der Waals surface area (Å²) in [5, 5.41) is 0. The summed E-state index contributed by atoms with van der Waals surface area (Å²) in [6.07, 6.45) is 4.41. The van der Waals surface area contributed by atoms with Crippen molar-refractivity contribution in [2.75, 3.05) is 19.3 Å². The van der Waals surface area contributed by atoms with Gasteiger partial charge in [0.05, 0.1) is 16.2 Å². The molecule has 2 heterocycles. The second-order valence-electron chi connectivity index (χ2n) is 8.29. The van der Waals surface area contributed by atoms with Crippen LogP contribution in [0.4, 0.5) is 4.39 Å². The molecule has 7 heteroatoms. The number of hydrogen-bond acceptors (Lipinski definition) is 5. The van der Waals surface area contributed by atoms with Crippen LogP contribution in [-0.4, -0.2) is 43.7 Å². The number of halogens is 1. The van der Waals surface area contributed by atoms with E-state index in [0.717, 1.165) is 42.8 Å². The van der Waals surface area contributed by atoms with Gasteiger partial charge in [0.25, 0.3) is 0 Å². The second-order valence-corrected chi connectivity index (χ2v) is 10.3. The Hall–Kier alpha value is -2.51. The standard InChI is InChI=1S/C24H27FN2O3S/c1-16-5-4-13-27(16)14-12-23-17(2)30-24(26-23)21-11-8-19(15-22(21)25)18-6-9-20(10-7-18)31(3,28)29/h6-11,15-16H,4-5,12-14H2,1-3H3. The highest BCUT2D eigenvalue weighted by Gasteiger charge is 2.21. The van der Waals surface area contributed by atoms with Gasteiger partial charge in [-0.25, -0.2) is 17.8 Å². The molecule has 1 aliphatic rings. The third-order valence-electron chi connectivity index (χ3n) is 6.03. The summed E-state index contributed by atoms with van der Waals surface area (Å²) < 4.78 is 43.9. The summed E-state index contributed by atoms with van der Waals surface area (Å²) in [6.45, 7) is 6.17. The van der Waals surface area contributed by atoms with E-state index in [-0.39, 0.29) is 4.90 Å². The first-order chi connectivity index (χ1) is 14.7. The number of nitrogens with zero attached hydrogens (tertiary/aromatic N) is 2. The topological polar surface area (TPSA) is 63.4 Å². The molecule has 0 bridgehead atoms. The Morgan fingerprint density at radius 3 is 2.48 bits per heavy atom. The summed E-state index contributed by atoms with van der Waals surface area (Å²) in [6, 6.07) is 11.9. The molecule has 0 N–H and O–H groups in total. The molecule has 3 aromatic rings. The fourth-order valence-corrected chi connectivity index (χ4v) is 4.74. The molecule has 0 radical (unpaired) electrons. The van der Waals surface area contributed by atoms with E-state index < -0.39 is 15.7 Å². The van der Waals surface area contributed by atoms with Crippen molar-refractivity contribution in [1.29, 1.82) is 0 Å². The summed E-state index contributed by atoms with van der Waals surface area (Å²) >= 11 is 0. The monoisotopic (exact) mass is 442 g/mol. The van der Waals surface area contributed by atoms with E-state index in [1.807, 2.05) is 6.92 Å². The van der Waals surface area contributed by atoms with E-state index in [1.165, 1.54) is 31.0 Å². The van der Waals surface area contributed by atoms with E-state index in [4.69, 9.17) is 4.42 Å². The molecule has 1 unspecified atom stereocenters. The van der Waals surface area contributed by atoms with Gasteiger partial charge in [0.2, 0.25) is 5.89 Å². The third kappa shape index (κ3) is 4.72. The van der Waals surface area contributed by atoms with Gasteiger partial charge in [0, 0.05) is 25.3 Å². The maximum Gasteiger partial charge on any atom is 0.229 e. The van der Waals surface area contributed by atoms with Crippen LogP contribution in [0.3, 0.4) is 0 Å². The zero-order valence-electron chi connectivity index (χ0n) is 18.1. The Labute approximate surface area is 182 Å². The lowest BCUT2D eigenvalue weighted by Crippen LogP contribution is -2.29. The molecule has 1 aliphatic heterocycles. The van der Waals surface area contributed by atoms with Crippen molar-refractivity contribution >= 4 is 9.84 Å². The number of sulfone groups is 1. The Morgan fingerprint density at radius 2 is 1.87 bits per heavy atom. The molecule has 5 nitrogen and oxygen atoms in total. The molecule has 31 heavy (non-hydrogen) atoms. The minimum absolute atomic E-state index is 0.236. The number of aromatic nitrogens is 1. The van der Waals surface area contributed by atoms with Gasteiger partial charge in [-0.2, -0.15) is 0 Å². The van der Waals surface area contributed by atoms with Crippen LogP contribution in [0.25, 0.3) is 22.6 Å². The van der Waals surface area contributed by atoms with E-state index in [9.17, 15) is 12.8 Å². The molecule has 4 rings (SSSR count). The predicted octanol–water partition coefficient (Wildman–Crippen LogP) is 4.89. The number of rotatable bonds is 6. The highest BCUT2D eigenvalue weighted by molar-refractivity contribution is 7.90. The Kier molecular flexibility index (Phi) is 5.99. The number of benzene rings is 2. The van der Waals surface area contributed by atoms with Gasteiger partial charge in [-0.15, -0.1) is 0 Å². The number of oxazole rings is 1. The van der Waals surface area contributed by atoms with Crippen LogP contribution in [0.2, 0.25) is 0 Å². The third-order valence-corrected chi connectivity index (χ3v) is 7.16. The number of hydrogen-bond donors (Lipinski definition) is 0. The molecule has 1 saturated heterocycles. The lowest BCUT2D eigenvalue weighted by molar-refractivity contribution is 0.271. The van der Waals surface area contributed by atoms with Crippen LogP contribution >= 0.6 is 0 Å². The Morgan fingerprint density at radius 1 is 1.16 bits per heavy atom. The molecular weight excluding hydrogens is 415 g/mol. The molecule has 0 spiro atoms. The molecular formula is C24H27FN2O3S. The summed E-state index contributed by atoms with van der Waals surface area (Å²) in [5.41, 5.74) is 2.59. The maximum atomic E-state index is 14.9. The van der Waals surface area contributed by atoms with Crippen molar-refractivity contribution in [3.05, 3.63) is 59.7 Å². The minimum atomic E-state index is -3.27. The molecule has 0 aliphatic carbocycles. The fraction of sp³-hybridized carbons (Fsp3) is 0.375. The van der Waals surface area contributed by atoms with Crippen molar-refractivity contribution in [1.82, 2.24) is 9.88 Å². The van der Waals surface area contributed by atoms with Crippen LogP contribution in [0.5, 0.6) is 0 Å². The lowest BCUT2D eigenvalue weighted by atomic mass is 10.0. The quantitative estimate of drug-likeness (QED) is 0.544. The van der Waals surface area contributed by atoms with Crippen molar-refractivity contribution in [3.8, 4) is 22.6 Å². The molecule has 2 aromatic carbocycles. The fourth-order valence-electron chi connectivity index (χ4n) is 4.11. The van der Waals surface area contributed by atoms with E-state index >= 15 is 0 Å². The van der Waals surface area contributed by atoms with Gasteiger partial charge >= 0.3 is 0 Å². The molecule has 1 aromatic heterocycles. The highest BCUT2D eigenvalue weighted by atomic mass is 32.2. The molecule has 1 fully saturated rings. The minimum Gasteiger partial charge on any atom is -0.441 e. The highest BCUT2D eigenvalue weighted by Crippen LogP contribution is 2.30. The van der Waals surface area contributed by atoms with Crippen LogP contribution in [0.15, 0.2) is 51.8 Å². The first-order valence-electron chi connectivity index (χ1n) is 10.5. The van der Waals surface area contributed by atoms with Gasteiger partial charge in [0.1, 0.15) is 11.6 Å². The van der Waals surface area contributed by atoms with Crippen LogP contribution in [0, 0.1) is 12.7 Å². The van der Waals surface area contributed by atoms with Gasteiger partial charge in [-0.3, -0.25) is 0 Å². The first-order valence-corrected chi connectivity index (χ1v) is 12.4. The van der Waals surface area contributed by atoms with Gasteiger partial charge in [-0.1, -0.05) is 18.2 Å². The average Bonchev–Trinajstić information content (AvgIpc) is 3.30. The van der Waals surface area contributed by atoms with Crippen molar-refractivity contribution < 1.29 is 17.2 Å². The maximum absolute atomic E-state index is 14.9. The Bertz CT molecular complexity index is 1190. The summed E-state index contributed by atoms with van der Waals surface area (Å²) in [5.74, 6) is 0.589. The largest absolute Gasteiger partial charge is 0.441 e. The van der Waals surface area contributed by atoms with E-state index in [2.05, 4.69) is 16.8 Å². The normalized spacial score (nSPS) is 17.4. The zero-order valence-corrected chi connectivity index (χ0v) is 18.9. The zero-order chi connectivity index (χ0) is 22.2. The van der Waals surface area contributed by atoms with Crippen LogP contribution in [0.1, 0.15) is 31.2 Å². The molecule has 0 saturated carbocycles. The van der Waals surface area contributed by atoms with Crippen molar-refractivity contribution in [2.45, 2.75) is 44.0 Å². The molecule has 0 amide bonds. The van der Waals surface area contributed by atoms with Crippen molar-refractivity contribution in [2.24, 2.45) is 0 Å². The Balaban J connectivity index is 1.53. The lowest BCUT2D eigenvalue weighted by Gasteiger charge is -2.20. The summed E-state index contributed by atoms with van der Waals surface area (Å²) in [4.78, 5) is 7.26. The van der Waals surface area contributed by atoms with Gasteiger partial charge < -0.3 is 9.32 Å². The predicted molar refractivity (Wildman–Crippen MR) is 119 cm³/mol. The summed E-state index contributed by atoms with van der Waals surface area (Å²) in [7, 11) is -3.27. The molecule has 1 atom stereocenters.